The summed E-state index contributed by atoms with van der Waals surface area (Å²) in [6.07, 6.45) is 10.8. The highest BCUT2D eigenvalue weighted by Crippen LogP contribution is 2.38. The van der Waals surface area contributed by atoms with Gasteiger partial charge in [-0.05, 0) is 61.2 Å². The number of benzene rings is 1. The molecule has 0 saturated carbocycles. The van der Waals surface area contributed by atoms with Gasteiger partial charge in [0, 0.05) is 6.42 Å². The molecule has 0 aliphatic carbocycles. The minimum Gasteiger partial charge on any atom is -0.544 e. The summed E-state index contributed by atoms with van der Waals surface area (Å²) < 4.78 is 6.48. The number of rotatable bonds is 7. The molecule has 3 heteroatoms. The first-order valence-electron chi connectivity index (χ1n) is 9.43. The van der Waals surface area contributed by atoms with E-state index < -0.39 is 8.32 Å². The number of allylic oxidation sites excluding steroid dienone is 4. The molecule has 1 aromatic rings. The number of unbranched alkanes of at least 4 members (excludes halogenated alkanes) is 1. The normalized spacial score (nSPS) is 12.9. The summed E-state index contributed by atoms with van der Waals surface area (Å²) in [7, 11) is -1.92. The molecule has 0 radical (unpaired) electrons. The number of carbonyl (C=O) groups excluding carboxylic acids is 1. The lowest BCUT2D eigenvalue weighted by molar-refractivity contribution is -0.109. The van der Waals surface area contributed by atoms with E-state index >= 15 is 0 Å². The van der Waals surface area contributed by atoms with Crippen LogP contribution in [0.2, 0.25) is 18.1 Å². The van der Waals surface area contributed by atoms with E-state index in [4.69, 9.17) is 4.43 Å². The fourth-order valence-electron chi connectivity index (χ4n) is 1.96. The highest BCUT2D eigenvalue weighted by Gasteiger charge is 2.39. The molecule has 0 N–H and O–H groups in total. The van der Waals surface area contributed by atoms with Crippen LogP contribution < -0.4 is 0 Å². The van der Waals surface area contributed by atoms with Crippen molar-refractivity contribution in [1.82, 2.24) is 0 Å². The Labute approximate surface area is 166 Å². The van der Waals surface area contributed by atoms with Crippen molar-refractivity contribution in [1.29, 1.82) is 0 Å². The average molecular weight is 381 g/mol. The fraction of sp³-hybridized carbons (Fsp3) is 0.375. The molecule has 0 saturated heterocycles. The second kappa shape index (κ2) is 10.7. The van der Waals surface area contributed by atoms with Crippen LogP contribution in [0.15, 0.2) is 60.4 Å². The summed E-state index contributed by atoms with van der Waals surface area (Å²) in [5.74, 6) is 6.29. The summed E-state index contributed by atoms with van der Waals surface area (Å²) in [4.78, 5) is 11.4. The summed E-state index contributed by atoms with van der Waals surface area (Å²) in [5, 5.41) is 0.130. The Balaban J connectivity index is 2.90. The lowest BCUT2D eigenvalue weighted by Crippen LogP contribution is -2.40. The Morgan fingerprint density at radius 3 is 2.41 bits per heavy atom. The van der Waals surface area contributed by atoms with Gasteiger partial charge in [-0.2, -0.15) is 0 Å². The van der Waals surface area contributed by atoms with Gasteiger partial charge >= 0.3 is 0 Å². The van der Waals surface area contributed by atoms with Crippen LogP contribution in [0.25, 0.3) is 6.08 Å². The van der Waals surface area contributed by atoms with Crippen molar-refractivity contribution in [2.75, 3.05) is 0 Å². The second-order valence-electron chi connectivity index (χ2n) is 7.92. The molecule has 0 heterocycles. The molecule has 0 aliphatic rings. The lowest BCUT2D eigenvalue weighted by atomic mass is 10.2. The van der Waals surface area contributed by atoms with Gasteiger partial charge in [0.15, 0.2) is 0 Å². The van der Waals surface area contributed by atoms with Gasteiger partial charge in [0.05, 0.1) is 5.76 Å². The van der Waals surface area contributed by atoms with Crippen molar-refractivity contribution in [3.63, 3.8) is 0 Å². The summed E-state index contributed by atoms with van der Waals surface area (Å²) >= 11 is 0. The van der Waals surface area contributed by atoms with Crippen molar-refractivity contribution in [2.24, 2.45) is 0 Å². The quantitative estimate of drug-likeness (QED) is 0.102. The van der Waals surface area contributed by atoms with E-state index in [1.807, 2.05) is 31.2 Å². The molecular formula is C24H32O2Si. The van der Waals surface area contributed by atoms with Crippen molar-refractivity contribution in [3.8, 4) is 11.8 Å². The molecule has 1 rings (SSSR count). The molecule has 144 valence electrons. The highest BCUT2D eigenvalue weighted by atomic mass is 28.4. The maximum absolute atomic E-state index is 11.4. The van der Waals surface area contributed by atoms with E-state index in [9.17, 15) is 4.79 Å². The number of hydrogen-bond acceptors (Lipinski definition) is 2. The van der Waals surface area contributed by atoms with Crippen LogP contribution >= 0.6 is 0 Å². The monoisotopic (exact) mass is 380 g/mol. The average Bonchev–Trinajstić information content (AvgIpc) is 2.59. The summed E-state index contributed by atoms with van der Waals surface area (Å²) in [6, 6.07) is 10.2. The summed E-state index contributed by atoms with van der Waals surface area (Å²) in [6.45, 7) is 13.0. The molecule has 2 nitrogen and oxygen atoms in total. The molecular weight excluding hydrogens is 348 g/mol. The predicted molar refractivity (Wildman–Crippen MR) is 119 cm³/mol. The SMILES string of the molecule is C/C=C/C(=O)C#CCC/C=C(/C=C/c1ccccc1)O[Si](C)(C)C(C)(C)C. The van der Waals surface area contributed by atoms with Crippen molar-refractivity contribution in [2.45, 2.75) is 58.7 Å². The van der Waals surface area contributed by atoms with Crippen molar-refractivity contribution in [3.05, 3.63) is 66.0 Å². The topological polar surface area (TPSA) is 26.3 Å². The highest BCUT2D eigenvalue weighted by molar-refractivity contribution is 6.74. The molecule has 0 bridgehead atoms. The van der Waals surface area contributed by atoms with Gasteiger partial charge in [-0.1, -0.05) is 69.2 Å². The molecule has 0 fully saturated rings. The van der Waals surface area contributed by atoms with Crippen LogP contribution in [0.5, 0.6) is 0 Å². The first-order chi connectivity index (χ1) is 12.7. The first kappa shape index (κ1) is 22.7. The zero-order valence-corrected chi connectivity index (χ0v) is 18.5. The Bertz CT molecular complexity index is 751. The van der Waals surface area contributed by atoms with Crippen LogP contribution in [0.4, 0.5) is 0 Å². The zero-order valence-electron chi connectivity index (χ0n) is 17.5. The molecule has 0 atom stereocenters. The third-order valence-corrected chi connectivity index (χ3v) is 8.92. The minimum atomic E-state index is -1.92. The molecule has 0 amide bonds. The van der Waals surface area contributed by atoms with Crippen LogP contribution in [0.1, 0.15) is 46.1 Å². The Kier molecular flexibility index (Phi) is 9.04. The van der Waals surface area contributed by atoms with Crippen molar-refractivity contribution < 1.29 is 9.22 Å². The fourth-order valence-corrected chi connectivity index (χ4v) is 3.01. The van der Waals surface area contributed by atoms with Crippen LogP contribution in [-0.2, 0) is 9.22 Å². The third-order valence-electron chi connectivity index (χ3n) is 4.56. The van der Waals surface area contributed by atoms with Gasteiger partial charge in [0.2, 0.25) is 14.1 Å². The largest absolute Gasteiger partial charge is 0.544 e. The Hall–Kier alpha value is -2.31. The molecule has 0 aliphatic heterocycles. The van der Waals surface area contributed by atoms with Gasteiger partial charge in [-0.15, -0.1) is 0 Å². The maximum atomic E-state index is 11.4. The Morgan fingerprint density at radius 2 is 1.81 bits per heavy atom. The van der Waals surface area contributed by atoms with E-state index in [2.05, 4.69) is 70.0 Å². The van der Waals surface area contributed by atoms with Crippen LogP contribution in [0, 0.1) is 11.8 Å². The van der Waals surface area contributed by atoms with Gasteiger partial charge in [0.1, 0.15) is 0 Å². The number of hydrogen-bond donors (Lipinski definition) is 0. The van der Waals surface area contributed by atoms with Gasteiger partial charge in [0.25, 0.3) is 0 Å². The van der Waals surface area contributed by atoms with Crippen LogP contribution in [-0.4, -0.2) is 14.1 Å². The predicted octanol–water partition coefficient (Wildman–Crippen LogP) is 6.53. The standard InChI is InChI=1S/C24H32O2Si/c1-7-14-22(25)17-12-9-13-18-23(26-27(5,6)24(2,3)4)20-19-21-15-10-8-11-16-21/h7-8,10-11,14-16,18-20H,9,13H2,1-6H3/b14-7+,20-19+,23-18-. The second-order valence-corrected chi connectivity index (χ2v) is 12.6. The molecule has 1 aromatic carbocycles. The molecule has 27 heavy (non-hydrogen) atoms. The first-order valence-corrected chi connectivity index (χ1v) is 12.3. The van der Waals surface area contributed by atoms with Gasteiger partial charge in [-0.25, -0.2) is 0 Å². The zero-order chi connectivity index (χ0) is 20.3. The minimum absolute atomic E-state index is 0.130. The molecule has 0 aromatic heterocycles. The van der Waals surface area contributed by atoms with E-state index in [1.54, 1.807) is 6.08 Å². The lowest BCUT2D eigenvalue weighted by Gasteiger charge is -2.36. The van der Waals surface area contributed by atoms with E-state index in [0.29, 0.717) is 6.42 Å². The van der Waals surface area contributed by atoms with E-state index in [1.165, 1.54) is 6.08 Å². The Morgan fingerprint density at radius 1 is 1.15 bits per heavy atom. The molecule has 0 unspecified atom stereocenters. The number of ketones is 1. The third kappa shape index (κ3) is 8.75. The molecule has 0 spiro atoms. The maximum Gasteiger partial charge on any atom is 0.250 e. The van der Waals surface area contributed by atoms with Gasteiger partial charge < -0.3 is 4.43 Å². The smallest absolute Gasteiger partial charge is 0.250 e. The van der Waals surface area contributed by atoms with E-state index in [-0.39, 0.29) is 10.8 Å². The number of carbonyl (C=O) groups is 1. The van der Waals surface area contributed by atoms with Crippen LogP contribution in [0.3, 0.4) is 0 Å². The van der Waals surface area contributed by atoms with Crippen molar-refractivity contribution >= 4 is 20.2 Å². The summed E-state index contributed by atoms with van der Waals surface area (Å²) in [5.41, 5.74) is 1.14. The van der Waals surface area contributed by atoms with Gasteiger partial charge in [-0.3, -0.25) is 4.79 Å². The van der Waals surface area contributed by atoms with E-state index in [0.717, 1.165) is 17.7 Å².